The largest absolute Gasteiger partial charge is 0.357 e. The van der Waals surface area contributed by atoms with E-state index in [-0.39, 0.29) is 5.82 Å². The van der Waals surface area contributed by atoms with Gasteiger partial charge in [-0.2, -0.15) is 5.10 Å². The zero-order chi connectivity index (χ0) is 26.9. The van der Waals surface area contributed by atoms with Gasteiger partial charge in [0.25, 0.3) is 0 Å². The van der Waals surface area contributed by atoms with Crippen molar-refractivity contribution in [2.45, 2.75) is 0 Å². The van der Waals surface area contributed by atoms with Crippen molar-refractivity contribution in [2.24, 2.45) is 4.99 Å². The van der Waals surface area contributed by atoms with Gasteiger partial charge in [-0.15, -0.1) is 0 Å². The van der Waals surface area contributed by atoms with Gasteiger partial charge in [-0.25, -0.2) is 4.39 Å². The molecular formula is C30H27FN8. The predicted molar refractivity (Wildman–Crippen MR) is 155 cm³/mol. The first-order chi connectivity index (χ1) is 19.0. The van der Waals surface area contributed by atoms with Crippen LogP contribution in [0.25, 0.3) is 50.0 Å². The first-order valence-corrected chi connectivity index (χ1v) is 12.5. The summed E-state index contributed by atoms with van der Waals surface area (Å²) in [6, 6.07) is 12.5. The molecule has 6 rings (SSSR count). The van der Waals surface area contributed by atoms with Crippen molar-refractivity contribution in [1.82, 2.24) is 35.4 Å². The summed E-state index contributed by atoms with van der Waals surface area (Å²) in [6.07, 6.45) is 9.36. The zero-order valence-electron chi connectivity index (χ0n) is 21.7. The lowest BCUT2D eigenvalue weighted by Gasteiger charge is -2.14. The van der Waals surface area contributed by atoms with E-state index in [1.807, 2.05) is 56.7 Å². The summed E-state index contributed by atoms with van der Waals surface area (Å²) >= 11 is 0. The second-order valence-electron chi connectivity index (χ2n) is 9.69. The second-order valence-corrected chi connectivity index (χ2v) is 9.69. The van der Waals surface area contributed by atoms with Crippen LogP contribution >= 0.6 is 0 Å². The number of hydrogen-bond donors (Lipinski definition) is 3. The normalized spacial score (nSPS) is 13.5. The van der Waals surface area contributed by atoms with Crippen molar-refractivity contribution in [3.05, 3.63) is 96.5 Å². The van der Waals surface area contributed by atoms with E-state index in [4.69, 9.17) is 0 Å². The lowest BCUT2D eigenvalue weighted by molar-refractivity contribution is 0.438. The second kappa shape index (κ2) is 10.1. The molecule has 8 nitrogen and oxygen atoms in total. The van der Waals surface area contributed by atoms with Gasteiger partial charge in [0.2, 0.25) is 0 Å². The first-order valence-electron chi connectivity index (χ1n) is 12.5. The van der Waals surface area contributed by atoms with Crippen LogP contribution in [0.3, 0.4) is 0 Å². The van der Waals surface area contributed by atoms with Gasteiger partial charge in [-0.3, -0.25) is 20.1 Å². The van der Waals surface area contributed by atoms with Crippen LogP contribution in [0.4, 0.5) is 4.39 Å². The number of aromatic amines is 2. The number of rotatable bonds is 7. The Morgan fingerprint density at radius 3 is 2.77 bits per heavy atom. The molecule has 0 saturated carbocycles. The number of nitrogens with one attached hydrogen (secondary N) is 3. The predicted octanol–water partition coefficient (Wildman–Crippen LogP) is 5.32. The molecule has 5 aromatic rings. The smallest absolute Gasteiger partial charge is 0.132 e. The average Bonchev–Trinajstić information content (AvgIpc) is 3.46. The summed E-state index contributed by atoms with van der Waals surface area (Å²) in [4.78, 5) is 19.1. The van der Waals surface area contributed by atoms with Crippen LogP contribution in [-0.4, -0.2) is 63.4 Å². The van der Waals surface area contributed by atoms with Crippen molar-refractivity contribution in [3.63, 3.8) is 0 Å². The molecule has 0 unspecified atom stereocenters. The highest BCUT2D eigenvalue weighted by Gasteiger charge is 2.17. The molecule has 0 bridgehead atoms. The van der Waals surface area contributed by atoms with Crippen LogP contribution in [0.5, 0.6) is 0 Å². The number of halogens is 1. The minimum Gasteiger partial charge on any atom is -0.357 e. The van der Waals surface area contributed by atoms with Crippen LogP contribution in [0, 0.1) is 5.82 Å². The van der Waals surface area contributed by atoms with Crippen molar-refractivity contribution in [1.29, 1.82) is 0 Å². The number of benzene rings is 1. The number of aliphatic imine (C=N–C) groups is 1. The van der Waals surface area contributed by atoms with Crippen molar-refractivity contribution in [2.75, 3.05) is 27.2 Å². The third-order valence-electron chi connectivity index (χ3n) is 6.46. The summed E-state index contributed by atoms with van der Waals surface area (Å²) in [6.45, 7) is 5.37. The van der Waals surface area contributed by atoms with Crippen LogP contribution in [0.1, 0.15) is 5.69 Å². The number of likely N-dealkylation sites (N-methyl/N-ethyl adjacent to an activating group) is 1. The summed E-state index contributed by atoms with van der Waals surface area (Å²) in [7, 11) is 4.00. The number of allylic oxidation sites excluding steroid dienone is 3. The van der Waals surface area contributed by atoms with Crippen LogP contribution < -0.4 is 5.32 Å². The van der Waals surface area contributed by atoms with Crippen molar-refractivity contribution in [3.8, 4) is 22.6 Å². The highest BCUT2D eigenvalue weighted by molar-refractivity contribution is 6.00. The molecular weight excluding hydrogens is 491 g/mol. The summed E-state index contributed by atoms with van der Waals surface area (Å²) in [5.74, 6) is -0.311. The monoisotopic (exact) mass is 518 g/mol. The van der Waals surface area contributed by atoms with E-state index in [9.17, 15) is 4.39 Å². The Morgan fingerprint density at radius 2 is 1.92 bits per heavy atom. The highest BCUT2D eigenvalue weighted by Crippen LogP contribution is 2.34. The van der Waals surface area contributed by atoms with Gasteiger partial charge >= 0.3 is 0 Å². The molecule has 9 heteroatoms. The Balaban J connectivity index is 1.38. The third-order valence-corrected chi connectivity index (χ3v) is 6.46. The minimum atomic E-state index is -0.311. The molecule has 194 valence electrons. The molecule has 39 heavy (non-hydrogen) atoms. The van der Waals surface area contributed by atoms with Crippen LogP contribution in [0.2, 0.25) is 0 Å². The molecule has 0 spiro atoms. The Bertz CT molecular complexity index is 1800. The Kier molecular flexibility index (Phi) is 6.34. The molecule has 0 aliphatic carbocycles. The number of hydrogen-bond acceptors (Lipinski definition) is 6. The van der Waals surface area contributed by atoms with Crippen molar-refractivity contribution < 1.29 is 4.39 Å². The van der Waals surface area contributed by atoms with Crippen LogP contribution in [-0.2, 0) is 0 Å². The van der Waals surface area contributed by atoms with E-state index in [0.29, 0.717) is 24.3 Å². The maximum absolute atomic E-state index is 14.6. The van der Waals surface area contributed by atoms with Gasteiger partial charge in [-0.1, -0.05) is 24.8 Å². The lowest BCUT2D eigenvalue weighted by Crippen LogP contribution is -2.24. The topological polar surface area (TPSA) is 97.9 Å². The molecule has 0 radical (unpaired) electrons. The van der Waals surface area contributed by atoms with E-state index >= 15 is 0 Å². The number of aromatic nitrogens is 5. The lowest BCUT2D eigenvalue weighted by atomic mass is 10.1. The van der Waals surface area contributed by atoms with Gasteiger partial charge in [-0.05, 0) is 50.5 Å². The molecule has 1 aromatic carbocycles. The molecule has 3 N–H and O–H groups in total. The Hall–Kier alpha value is -4.89. The minimum absolute atomic E-state index is 0.311. The van der Waals surface area contributed by atoms with Gasteiger partial charge in [0.05, 0.1) is 41.0 Å². The number of fused-ring (bicyclic) bond motifs is 2. The van der Waals surface area contributed by atoms with Crippen LogP contribution in [0.15, 0.2) is 90.0 Å². The number of H-pyrrole nitrogens is 2. The fraction of sp³-hybridized carbons (Fsp3) is 0.133. The molecule has 1 aliphatic rings. The molecule has 4 aromatic heterocycles. The first kappa shape index (κ1) is 24.4. The average molecular weight is 519 g/mol. The van der Waals surface area contributed by atoms with Gasteiger partial charge < -0.3 is 15.2 Å². The maximum atomic E-state index is 14.6. The fourth-order valence-electron chi connectivity index (χ4n) is 4.77. The van der Waals surface area contributed by atoms with Gasteiger partial charge in [0, 0.05) is 52.1 Å². The molecule has 0 atom stereocenters. The quantitative estimate of drug-likeness (QED) is 0.271. The number of nitrogens with zero attached hydrogens (tertiary/aromatic N) is 5. The maximum Gasteiger partial charge on any atom is 0.132 e. The third kappa shape index (κ3) is 4.87. The summed E-state index contributed by atoms with van der Waals surface area (Å²) < 4.78 is 14.6. The summed E-state index contributed by atoms with van der Waals surface area (Å²) in [5.41, 5.74) is 7.73. The van der Waals surface area contributed by atoms with Crippen molar-refractivity contribution >= 4 is 33.6 Å². The molecule has 0 fully saturated rings. The van der Waals surface area contributed by atoms with E-state index in [1.54, 1.807) is 24.5 Å². The molecule has 1 aliphatic heterocycles. The van der Waals surface area contributed by atoms with E-state index in [2.05, 4.69) is 46.9 Å². The molecule has 0 saturated heterocycles. The van der Waals surface area contributed by atoms with E-state index in [1.165, 1.54) is 6.07 Å². The SMILES string of the molecule is C=C(CN(C)C)NC1=CC(c2cc3c(-c4cc5c(-c6ccccc6F)nccc5[nH]4)n[nH]c3cn2)=CCN=C1. The standard InChI is InChI=1S/C30H27FN8/c1-18(17-39(2)3)35-20-12-19(8-10-32-15-20)26-13-23-28(16-34-26)37-38-30(23)27-14-22-25(36-27)9-11-33-29(22)21-6-4-5-7-24(21)31/h4-9,11-16,35-36H,1,10,17H2,2-3H3,(H,37,38). The summed E-state index contributed by atoms with van der Waals surface area (Å²) in [5, 5.41) is 12.8. The Morgan fingerprint density at radius 1 is 1.08 bits per heavy atom. The molecule has 0 amide bonds. The van der Waals surface area contributed by atoms with E-state index < -0.39 is 0 Å². The van der Waals surface area contributed by atoms with E-state index in [0.717, 1.165) is 55.9 Å². The zero-order valence-corrected chi connectivity index (χ0v) is 21.7. The number of pyridine rings is 2. The van der Waals surface area contributed by atoms with Gasteiger partial charge in [0.1, 0.15) is 11.5 Å². The molecule has 5 heterocycles. The Labute approximate surface area is 224 Å². The highest BCUT2D eigenvalue weighted by atomic mass is 19.1. The van der Waals surface area contributed by atoms with Gasteiger partial charge in [0.15, 0.2) is 0 Å². The fourth-order valence-corrected chi connectivity index (χ4v) is 4.77.